The SMILES string of the molecule is C[C@H]1CC[C@@]23C[C@]2(C)CCCC3[C@@]1(C)CCC1=CCC(C2=CC(=O)OC2)OC1. The Hall–Kier alpha value is -1.09. The predicted molar refractivity (Wildman–Crippen MR) is 110 cm³/mol. The Morgan fingerprint density at radius 3 is 2.75 bits per heavy atom. The van der Waals surface area contributed by atoms with Gasteiger partial charge < -0.3 is 9.47 Å². The van der Waals surface area contributed by atoms with Crippen molar-refractivity contribution in [1.82, 2.24) is 0 Å². The molecule has 3 aliphatic carbocycles. The van der Waals surface area contributed by atoms with Crippen LogP contribution in [0.1, 0.15) is 78.6 Å². The Morgan fingerprint density at radius 2 is 2.04 bits per heavy atom. The third-order valence-electron chi connectivity index (χ3n) is 9.79. The smallest absolute Gasteiger partial charge is 0.331 e. The predicted octanol–water partition coefficient (Wildman–Crippen LogP) is 5.60. The Morgan fingerprint density at radius 1 is 1.18 bits per heavy atom. The van der Waals surface area contributed by atoms with Crippen LogP contribution >= 0.6 is 0 Å². The Labute approximate surface area is 169 Å². The average molecular weight is 385 g/mol. The number of carbonyl (C=O) groups is 1. The summed E-state index contributed by atoms with van der Waals surface area (Å²) in [5.41, 5.74) is 4.28. The van der Waals surface area contributed by atoms with E-state index in [1.54, 1.807) is 6.08 Å². The number of ether oxygens (including phenoxy) is 2. The molecular formula is C25H36O3. The molecule has 0 amide bonds. The summed E-state index contributed by atoms with van der Waals surface area (Å²) in [6, 6.07) is 0. The standard InChI is InChI=1S/C25H36O3/c1-17-8-12-25-16-23(25,2)10-4-5-21(25)24(17,3)11-9-18-6-7-20(27-14-18)19-13-22(26)28-15-19/h6,13,17,20-21H,4-5,7-12,14-16H2,1-3H3/t17-,20?,21?,23-,24-,25-/m0/s1. The molecule has 154 valence electrons. The minimum Gasteiger partial charge on any atom is -0.458 e. The lowest BCUT2D eigenvalue weighted by atomic mass is 9.50. The summed E-state index contributed by atoms with van der Waals surface area (Å²) < 4.78 is 11.1. The first-order chi connectivity index (χ1) is 13.4. The second kappa shape index (κ2) is 6.45. The van der Waals surface area contributed by atoms with Crippen molar-refractivity contribution in [2.75, 3.05) is 13.2 Å². The maximum absolute atomic E-state index is 11.3. The molecule has 3 saturated carbocycles. The molecule has 0 aromatic rings. The van der Waals surface area contributed by atoms with E-state index in [1.807, 2.05) is 0 Å². The van der Waals surface area contributed by atoms with Crippen molar-refractivity contribution in [2.24, 2.45) is 28.1 Å². The largest absolute Gasteiger partial charge is 0.458 e. The van der Waals surface area contributed by atoms with Crippen molar-refractivity contribution in [3.05, 3.63) is 23.3 Å². The van der Waals surface area contributed by atoms with E-state index < -0.39 is 0 Å². The third kappa shape index (κ3) is 2.75. The maximum atomic E-state index is 11.3. The van der Waals surface area contributed by atoms with Gasteiger partial charge in [0.1, 0.15) is 6.61 Å². The highest BCUT2D eigenvalue weighted by Gasteiger charge is 2.72. The molecule has 3 fully saturated rings. The summed E-state index contributed by atoms with van der Waals surface area (Å²) in [5.74, 6) is 1.53. The highest BCUT2D eigenvalue weighted by atomic mass is 16.5. The van der Waals surface area contributed by atoms with Crippen LogP contribution in [0.2, 0.25) is 0 Å². The van der Waals surface area contributed by atoms with Crippen LogP contribution in [-0.4, -0.2) is 25.3 Å². The Bertz CT molecular complexity index is 736. The van der Waals surface area contributed by atoms with E-state index in [9.17, 15) is 4.79 Å². The fourth-order valence-corrected chi connectivity index (χ4v) is 7.64. The number of carbonyl (C=O) groups excluding carboxylic acids is 1. The summed E-state index contributed by atoms with van der Waals surface area (Å²) in [6.07, 6.45) is 16.2. The highest BCUT2D eigenvalue weighted by Crippen LogP contribution is 2.80. The van der Waals surface area contributed by atoms with Gasteiger partial charge in [0, 0.05) is 11.6 Å². The van der Waals surface area contributed by atoms with Gasteiger partial charge in [0.15, 0.2) is 0 Å². The topological polar surface area (TPSA) is 35.5 Å². The van der Waals surface area contributed by atoms with Crippen molar-refractivity contribution in [3.63, 3.8) is 0 Å². The Balaban J connectivity index is 1.25. The first-order valence-electron chi connectivity index (χ1n) is 11.5. The summed E-state index contributed by atoms with van der Waals surface area (Å²) in [7, 11) is 0. The monoisotopic (exact) mass is 384 g/mol. The van der Waals surface area contributed by atoms with Gasteiger partial charge in [-0.15, -0.1) is 0 Å². The van der Waals surface area contributed by atoms with Gasteiger partial charge >= 0.3 is 5.97 Å². The lowest BCUT2D eigenvalue weighted by Crippen LogP contribution is -2.47. The van der Waals surface area contributed by atoms with Crippen LogP contribution in [0, 0.1) is 28.1 Å². The third-order valence-corrected chi connectivity index (χ3v) is 9.79. The molecule has 0 bridgehead atoms. The summed E-state index contributed by atoms with van der Waals surface area (Å²) in [5, 5.41) is 0. The van der Waals surface area contributed by atoms with E-state index in [4.69, 9.17) is 9.47 Å². The molecule has 0 aromatic heterocycles. The zero-order valence-electron chi connectivity index (χ0n) is 17.9. The van der Waals surface area contributed by atoms with E-state index in [2.05, 4.69) is 26.8 Å². The van der Waals surface area contributed by atoms with Gasteiger partial charge in [0.05, 0.1) is 12.7 Å². The normalized spacial score (nSPS) is 47.5. The van der Waals surface area contributed by atoms with Gasteiger partial charge in [-0.1, -0.05) is 33.3 Å². The fraction of sp³-hybridized carbons (Fsp3) is 0.800. The van der Waals surface area contributed by atoms with Gasteiger partial charge in [-0.2, -0.15) is 0 Å². The second-order valence-corrected chi connectivity index (χ2v) is 11.0. The molecule has 5 aliphatic rings. The van der Waals surface area contributed by atoms with E-state index in [0.29, 0.717) is 29.5 Å². The van der Waals surface area contributed by atoms with Crippen LogP contribution in [-0.2, 0) is 14.3 Å². The molecule has 28 heavy (non-hydrogen) atoms. The molecule has 0 saturated heterocycles. The molecule has 5 rings (SSSR count). The van der Waals surface area contributed by atoms with Crippen LogP contribution in [0.5, 0.6) is 0 Å². The van der Waals surface area contributed by atoms with Crippen molar-refractivity contribution >= 4 is 5.97 Å². The van der Waals surface area contributed by atoms with Crippen LogP contribution in [0.4, 0.5) is 0 Å². The van der Waals surface area contributed by atoms with Crippen LogP contribution in [0.25, 0.3) is 0 Å². The molecule has 2 heterocycles. The van der Waals surface area contributed by atoms with Crippen molar-refractivity contribution in [2.45, 2.75) is 84.7 Å². The van der Waals surface area contributed by atoms with E-state index >= 15 is 0 Å². The van der Waals surface area contributed by atoms with Crippen molar-refractivity contribution < 1.29 is 14.3 Å². The molecule has 3 nitrogen and oxygen atoms in total. The van der Waals surface area contributed by atoms with Gasteiger partial charge in [-0.05, 0) is 85.0 Å². The molecule has 0 radical (unpaired) electrons. The summed E-state index contributed by atoms with van der Waals surface area (Å²) >= 11 is 0. The van der Waals surface area contributed by atoms with Gasteiger partial charge in [-0.3, -0.25) is 0 Å². The zero-order valence-corrected chi connectivity index (χ0v) is 17.9. The lowest BCUT2D eigenvalue weighted by molar-refractivity contribution is -0.135. The molecule has 2 aliphatic heterocycles. The van der Waals surface area contributed by atoms with E-state index in [0.717, 1.165) is 23.8 Å². The van der Waals surface area contributed by atoms with E-state index in [1.165, 1.54) is 56.9 Å². The van der Waals surface area contributed by atoms with Gasteiger partial charge in [0.25, 0.3) is 0 Å². The number of cyclic esters (lactones) is 1. The molecular weight excluding hydrogens is 348 g/mol. The quantitative estimate of drug-likeness (QED) is 0.468. The molecule has 0 N–H and O–H groups in total. The van der Waals surface area contributed by atoms with Crippen molar-refractivity contribution in [3.8, 4) is 0 Å². The summed E-state index contributed by atoms with van der Waals surface area (Å²) in [6.45, 7) is 8.84. The van der Waals surface area contributed by atoms with Crippen LogP contribution in [0.15, 0.2) is 23.3 Å². The molecule has 0 aromatic carbocycles. The van der Waals surface area contributed by atoms with Gasteiger partial charge in [-0.25, -0.2) is 4.79 Å². The number of hydrogen-bond donors (Lipinski definition) is 0. The maximum Gasteiger partial charge on any atom is 0.331 e. The minimum atomic E-state index is -0.221. The molecule has 1 spiro atoms. The summed E-state index contributed by atoms with van der Waals surface area (Å²) in [4.78, 5) is 11.3. The molecule has 3 heteroatoms. The fourth-order valence-electron chi connectivity index (χ4n) is 7.64. The first kappa shape index (κ1) is 18.9. The van der Waals surface area contributed by atoms with Crippen molar-refractivity contribution in [1.29, 1.82) is 0 Å². The number of hydrogen-bond acceptors (Lipinski definition) is 3. The van der Waals surface area contributed by atoms with E-state index in [-0.39, 0.29) is 12.1 Å². The van der Waals surface area contributed by atoms with Gasteiger partial charge in [0.2, 0.25) is 0 Å². The molecule has 2 unspecified atom stereocenters. The van der Waals surface area contributed by atoms with Crippen LogP contribution in [0.3, 0.4) is 0 Å². The number of rotatable bonds is 4. The average Bonchev–Trinajstić information content (AvgIpc) is 3.09. The zero-order chi connectivity index (χ0) is 19.6. The first-order valence-corrected chi connectivity index (χ1v) is 11.5. The minimum absolute atomic E-state index is 0.0353. The highest BCUT2D eigenvalue weighted by molar-refractivity contribution is 5.85. The Kier molecular flexibility index (Phi) is 4.36. The number of esters is 1. The lowest BCUT2D eigenvalue weighted by Gasteiger charge is -2.55. The van der Waals surface area contributed by atoms with Crippen LogP contribution < -0.4 is 0 Å². The molecule has 6 atom stereocenters. The second-order valence-electron chi connectivity index (χ2n) is 11.0.